The molecule has 0 saturated carbocycles. The van der Waals surface area contributed by atoms with E-state index < -0.39 is 6.10 Å². The average molecular weight is 376 g/mol. The lowest BCUT2D eigenvalue weighted by Crippen LogP contribution is -2.47. The van der Waals surface area contributed by atoms with Gasteiger partial charge in [-0.3, -0.25) is 0 Å². The van der Waals surface area contributed by atoms with Crippen LogP contribution in [-0.2, 0) is 15.9 Å². The summed E-state index contributed by atoms with van der Waals surface area (Å²) >= 11 is 0. The van der Waals surface area contributed by atoms with Gasteiger partial charge in [-0.15, -0.1) is 0 Å². The number of hydrogen-bond donors (Lipinski definition) is 2. The van der Waals surface area contributed by atoms with E-state index in [1.165, 1.54) is 11.1 Å². The molecular weight excluding hydrogens is 344 g/mol. The van der Waals surface area contributed by atoms with Gasteiger partial charge in [0.1, 0.15) is 0 Å². The van der Waals surface area contributed by atoms with Crippen LogP contribution < -0.4 is 5.32 Å². The van der Waals surface area contributed by atoms with E-state index in [0.29, 0.717) is 38.9 Å². The smallest absolute Gasteiger partial charge is 0.409 e. The Balaban J connectivity index is 1.35. The maximum atomic E-state index is 11.7. The lowest BCUT2D eigenvalue weighted by Gasteiger charge is -2.32. The molecule has 1 aromatic rings. The molecule has 0 aromatic heterocycles. The Morgan fingerprint density at radius 1 is 1.30 bits per heavy atom. The zero-order valence-electron chi connectivity index (χ0n) is 16.2. The number of fused-ring (bicyclic) bond motifs is 1. The highest BCUT2D eigenvalue weighted by Gasteiger charge is 2.24. The van der Waals surface area contributed by atoms with Gasteiger partial charge < -0.3 is 24.8 Å². The molecular formula is C21H32N2O4. The number of carbonyl (C=O) groups excluding carboxylic acids is 1. The highest BCUT2D eigenvalue weighted by atomic mass is 16.6. The van der Waals surface area contributed by atoms with Crippen LogP contribution >= 0.6 is 0 Å². The van der Waals surface area contributed by atoms with Gasteiger partial charge in [0, 0.05) is 25.7 Å². The summed E-state index contributed by atoms with van der Waals surface area (Å²) in [5.41, 5.74) is 2.64. The second kappa shape index (κ2) is 10.1. The van der Waals surface area contributed by atoms with Crippen molar-refractivity contribution in [2.24, 2.45) is 0 Å². The molecule has 0 spiro atoms. The maximum Gasteiger partial charge on any atom is 0.409 e. The van der Waals surface area contributed by atoms with Crippen molar-refractivity contribution in [2.75, 3.05) is 32.8 Å². The Hall–Kier alpha value is -1.63. The van der Waals surface area contributed by atoms with Gasteiger partial charge in [-0.2, -0.15) is 0 Å². The van der Waals surface area contributed by atoms with E-state index in [4.69, 9.17) is 9.47 Å². The molecule has 1 aromatic carbocycles. The van der Waals surface area contributed by atoms with Crippen molar-refractivity contribution in [3.63, 3.8) is 0 Å². The minimum atomic E-state index is -0.526. The Labute approximate surface area is 161 Å². The molecule has 0 radical (unpaired) electrons. The van der Waals surface area contributed by atoms with Crippen molar-refractivity contribution < 1.29 is 19.4 Å². The van der Waals surface area contributed by atoms with Gasteiger partial charge in [-0.05, 0) is 50.2 Å². The number of ether oxygens (including phenoxy) is 2. The van der Waals surface area contributed by atoms with Gasteiger partial charge in [0.25, 0.3) is 0 Å². The Bertz CT molecular complexity index is 602. The lowest BCUT2D eigenvalue weighted by molar-refractivity contribution is -0.0179. The fourth-order valence-corrected chi connectivity index (χ4v) is 3.95. The first-order valence-corrected chi connectivity index (χ1v) is 10.2. The maximum absolute atomic E-state index is 11.7. The molecule has 3 rings (SSSR count). The molecule has 2 N–H and O–H groups in total. The third kappa shape index (κ3) is 5.67. The molecule has 0 unspecified atom stereocenters. The predicted octanol–water partition coefficient (Wildman–Crippen LogP) is 2.65. The highest BCUT2D eigenvalue weighted by Crippen LogP contribution is 2.32. The molecule has 2 aliphatic rings. The van der Waals surface area contributed by atoms with E-state index in [1.807, 2.05) is 6.92 Å². The normalized spacial score (nSPS) is 21.6. The largest absolute Gasteiger partial charge is 0.450 e. The fourth-order valence-electron chi connectivity index (χ4n) is 3.95. The SMILES string of the molecule is CCOC(=O)N1CCC(NC[C@H](O)CO[C@@H]2CCCc3ccccc32)CC1. The van der Waals surface area contributed by atoms with Crippen molar-refractivity contribution in [1.29, 1.82) is 0 Å². The topological polar surface area (TPSA) is 71.0 Å². The van der Waals surface area contributed by atoms with Crippen LogP contribution in [0.4, 0.5) is 4.79 Å². The number of rotatable bonds is 7. The minimum Gasteiger partial charge on any atom is -0.450 e. The summed E-state index contributed by atoms with van der Waals surface area (Å²) in [4.78, 5) is 13.5. The van der Waals surface area contributed by atoms with Gasteiger partial charge >= 0.3 is 6.09 Å². The third-order valence-electron chi connectivity index (χ3n) is 5.47. The van der Waals surface area contributed by atoms with Crippen molar-refractivity contribution in [3.05, 3.63) is 35.4 Å². The van der Waals surface area contributed by atoms with Crippen LogP contribution in [0.2, 0.25) is 0 Å². The molecule has 27 heavy (non-hydrogen) atoms. The second-order valence-corrected chi connectivity index (χ2v) is 7.44. The summed E-state index contributed by atoms with van der Waals surface area (Å²) in [5.74, 6) is 0. The summed E-state index contributed by atoms with van der Waals surface area (Å²) in [7, 11) is 0. The monoisotopic (exact) mass is 376 g/mol. The van der Waals surface area contributed by atoms with Crippen LogP contribution in [0.5, 0.6) is 0 Å². The van der Waals surface area contributed by atoms with Crippen LogP contribution in [0.1, 0.15) is 49.8 Å². The van der Waals surface area contributed by atoms with Gasteiger partial charge in [0.2, 0.25) is 0 Å². The summed E-state index contributed by atoms with van der Waals surface area (Å²) in [6, 6.07) is 8.77. The van der Waals surface area contributed by atoms with E-state index >= 15 is 0 Å². The summed E-state index contributed by atoms with van der Waals surface area (Å²) in [6.45, 7) is 4.48. The predicted molar refractivity (Wildman–Crippen MR) is 104 cm³/mol. The first-order chi connectivity index (χ1) is 13.2. The number of nitrogens with one attached hydrogen (secondary N) is 1. The zero-order valence-corrected chi connectivity index (χ0v) is 16.2. The van der Waals surface area contributed by atoms with Crippen LogP contribution in [0, 0.1) is 0 Å². The van der Waals surface area contributed by atoms with Gasteiger partial charge in [0.15, 0.2) is 0 Å². The highest BCUT2D eigenvalue weighted by molar-refractivity contribution is 5.67. The molecule has 1 amide bonds. The van der Waals surface area contributed by atoms with Crippen LogP contribution in [0.3, 0.4) is 0 Å². The summed E-state index contributed by atoms with van der Waals surface area (Å²) in [6.07, 6.45) is 4.37. The molecule has 1 heterocycles. The molecule has 6 nitrogen and oxygen atoms in total. The number of amides is 1. The number of carbonyl (C=O) groups is 1. The van der Waals surface area contributed by atoms with Crippen LogP contribution in [0.25, 0.3) is 0 Å². The average Bonchev–Trinajstić information content (AvgIpc) is 2.71. The second-order valence-electron chi connectivity index (χ2n) is 7.44. The Morgan fingerprint density at radius 3 is 2.85 bits per heavy atom. The number of aliphatic hydroxyl groups is 1. The Kier molecular flexibility index (Phi) is 7.50. The molecule has 1 aliphatic carbocycles. The molecule has 2 atom stereocenters. The number of aryl methyl sites for hydroxylation is 1. The van der Waals surface area contributed by atoms with Crippen molar-refractivity contribution >= 4 is 6.09 Å². The lowest BCUT2D eigenvalue weighted by atomic mass is 9.89. The van der Waals surface area contributed by atoms with Crippen LogP contribution in [-0.4, -0.2) is 61.1 Å². The van der Waals surface area contributed by atoms with Crippen molar-refractivity contribution in [1.82, 2.24) is 10.2 Å². The first-order valence-electron chi connectivity index (χ1n) is 10.2. The number of likely N-dealkylation sites (tertiary alicyclic amines) is 1. The number of piperidine rings is 1. The van der Waals surface area contributed by atoms with Crippen molar-refractivity contribution in [2.45, 2.75) is 57.3 Å². The number of hydrogen-bond acceptors (Lipinski definition) is 5. The minimum absolute atomic E-state index is 0.0948. The zero-order chi connectivity index (χ0) is 19.1. The molecule has 1 fully saturated rings. The summed E-state index contributed by atoms with van der Waals surface area (Å²) < 4.78 is 11.1. The third-order valence-corrected chi connectivity index (χ3v) is 5.47. The first kappa shape index (κ1) is 20.1. The van der Waals surface area contributed by atoms with Gasteiger partial charge in [-0.25, -0.2) is 4.79 Å². The van der Waals surface area contributed by atoms with E-state index in [1.54, 1.807) is 4.90 Å². The number of benzene rings is 1. The van der Waals surface area contributed by atoms with Crippen molar-refractivity contribution in [3.8, 4) is 0 Å². The van der Waals surface area contributed by atoms with E-state index in [9.17, 15) is 9.90 Å². The van der Waals surface area contributed by atoms with E-state index in [-0.39, 0.29) is 12.2 Å². The van der Waals surface area contributed by atoms with E-state index in [0.717, 1.165) is 32.1 Å². The Morgan fingerprint density at radius 2 is 2.07 bits per heavy atom. The molecule has 1 saturated heterocycles. The van der Waals surface area contributed by atoms with Gasteiger partial charge in [0.05, 0.1) is 25.4 Å². The molecule has 0 bridgehead atoms. The number of nitrogens with zero attached hydrogens (tertiary/aromatic N) is 1. The van der Waals surface area contributed by atoms with Gasteiger partial charge in [-0.1, -0.05) is 24.3 Å². The molecule has 6 heteroatoms. The summed E-state index contributed by atoms with van der Waals surface area (Å²) in [5, 5.41) is 13.7. The number of aliphatic hydroxyl groups excluding tert-OH is 1. The van der Waals surface area contributed by atoms with E-state index in [2.05, 4.69) is 29.6 Å². The molecule has 1 aliphatic heterocycles. The standard InChI is InChI=1S/C21H32N2O4/c1-2-26-21(25)23-12-10-17(11-13-23)22-14-18(24)15-27-20-9-5-7-16-6-3-4-8-19(16)20/h3-4,6,8,17-18,20,22,24H,2,5,7,9-15H2,1H3/t18-,20+/m0/s1. The van der Waals surface area contributed by atoms with Crippen LogP contribution in [0.15, 0.2) is 24.3 Å². The molecule has 150 valence electrons. The fraction of sp³-hybridized carbons (Fsp3) is 0.667. The quantitative estimate of drug-likeness (QED) is 0.766.